The third-order valence-electron chi connectivity index (χ3n) is 3.96. The largest absolute Gasteiger partial charge is 0.525 e. The molecule has 2 rings (SSSR count). The molecule has 0 N–H and O–H groups in total. The maximum absolute atomic E-state index is 14.3. The summed E-state index contributed by atoms with van der Waals surface area (Å²) in [7, 11) is -1.33. The Balaban J connectivity index is 2.34. The van der Waals surface area contributed by atoms with Crippen LogP contribution in [0.15, 0.2) is 18.1 Å². The highest BCUT2D eigenvalue weighted by Crippen LogP contribution is 2.39. The van der Waals surface area contributed by atoms with E-state index in [-0.39, 0.29) is 5.56 Å². The van der Waals surface area contributed by atoms with Gasteiger partial charge in [-0.1, -0.05) is 0 Å². The van der Waals surface area contributed by atoms with Crippen molar-refractivity contribution in [1.29, 1.82) is 0 Å². The molecular weight excluding hydrogens is 301 g/mol. The van der Waals surface area contributed by atoms with E-state index in [1.54, 1.807) is 27.7 Å². The maximum Gasteiger partial charge on any atom is 0.525 e. The fraction of sp³-hybridized carbons (Fsp3) is 0.500. The topological polar surface area (TPSA) is 31.4 Å². The Kier molecular flexibility index (Phi) is 4.36. The van der Waals surface area contributed by atoms with E-state index < -0.39 is 41.9 Å². The van der Waals surface area contributed by atoms with Gasteiger partial charge in [-0.15, -0.1) is 0 Å². The van der Waals surface area contributed by atoms with Gasteiger partial charge in [0, 0.05) is 11.8 Å². The first-order valence-corrected chi connectivity index (χ1v) is 6.69. The van der Waals surface area contributed by atoms with Gasteiger partial charge in [0.1, 0.15) is 5.73 Å². The van der Waals surface area contributed by atoms with E-state index in [0.717, 1.165) is 12.3 Å². The normalized spacial score (nSPS) is 20.8. The molecule has 2 heterocycles. The van der Waals surface area contributed by atoms with Crippen LogP contribution in [-0.2, 0) is 9.31 Å². The van der Waals surface area contributed by atoms with Crippen molar-refractivity contribution in [2.45, 2.75) is 45.3 Å². The molecule has 1 aromatic heterocycles. The summed E-state index contributed by atoms with van der Waals surface area (Å²) in [5.74, 6) is -1.19. The first-order valence-electron chi connectivity index (χ1n) is 6.69. The van der Waals surface area contributed by atoms with Crippen LogP contribution in [0.2, 0.25) is 0 Å². The summed E-state index contributed by atoms with van der Waals surface area (Å²) < 4.78 is 64.4. The molecule has 1 aliphatic rings. The molecule has 3 nitrogen and oxygen atoms in total. The van der Waals surface area contributed by atoms with Crippen molar-refractivity contribution in [3.05, 3.63) is 35.1 Å². The molecular formula is C14H16BF4NO2. The minimum absolute atomic E-state index is 0.345. The molecule has 0 aliphatic carbocycles. The van der Waals surface area contributed by atoms with E-state index in [2.05, 4.69) is 4.98 Å². The van der Waals surface area contributed by atoms with Gasteiger partial charge in [0.25, 0.3) is 6.43 Å². The first kappa shape index (κ1) is 17.0. The van der Waals surface area contributed by atoms with E-state index in [4.69, 9.17) is 9.31 Å². The molecule has 8 heteroatoms. The van der Waals surface area contributed by atoms with Crippen LogP contribution in [0.5, 0.6) is 0 Å². The van der Waals surface area contributed by atoms with Gasteiger partial charge in [0.2, 0.25) is 0 Å². The highest BCUT2D eigenvalue weighted by molar-refractivity contribution is 6.54. The fourth-order valence-corrected chi connectivity index (χ4v) is 1.98. The van der Waals surface area contributed by atoms with Gasteiger partial charge in [-0.3, -0.25) is 4.98 Å². The van der Waals surface area contributed by atoms with Gasteiger partial charge in [-0.25, -0.2) is 17.6 Å². The molecule has 0 atom stereocenters. The summed E-state index contributed by atoms with van der Waals surface area (Å²) in [6.45, 7) is 6.92. The predicted molar refractivity (Wildman–Crippen MR) is 74.3 cm³/mol. The monoisotopic (exact) mass is 317 g/mol. The lowest BCUT2D eigenvalue weighted by Gasteiger charge is -2.32. The van der Waals surface area contributed by atoms with Crippen molar-refractivity contribution in [2.75, 3.05) is 0 Å². The second-order valence-electron chi connectivity index (χ2n) is 6.04. The van der Waals surface area contributed by atoms with Crippen LogP contribution < -0.4 is 0 Å². The minimum Gasteiger partial charge on any atom is -0.398 e. The molecule has 1 fully saturated rings. The van der Waals surface area contributed by atoms with Crippen molar-refractivity contribution in [2.24, 2.45) is 0 Å². The van der Waals surface area contributed by atoms with Crippen molar-refractivity contribution in [3.8, 4) is 0 Å². The van der Waals surface area contributed by atoms with Crippen molar-refractivity contribution < 1.29 is 26.9 Å². The summed E-state index contributed by atoms with van der Waals surface area (Å²) in [6.07, 6.45) is -0.693. The second-order valence-corrected chi connectivity index (χ2v) is 6.04. The Morgan fingerprint density at radius 2 is 1.73 bits per heavy atom. The molecule has 0 spiro atoms. The number of rotatable bonds is 3. The van der Waals surface area contributed by atoms with Crippen LogP contribution in [0, 0.1) is 5.82 Å². The zero-order valence-electron chi connectivity index (χ0n) is 12.7. The molecule has 1 aromatic rings. The lowest BCUT2D eigenvalue weighted by atomic mass is 9.86. The number of nitrogens with zero attached hydrogens (tertiary/aromatic N) is 1. The highest BCUT2D eigenvalue weighted by Gasteiger charge is 2.53. The van der Waals surface area contributed by atoms with Crippen molar-refractivity contribution >= 4 is 13.2 Å². The van der Waals surface area contributed by atoms with Crippen molar-refractivity contribution in [1.82, 2.24) is 4.98 Å². The molecule has 0 saturated carbocycles. The van der Waals surface area contributed by atoms with Gasteiger partial charge in [-0.05, 0) is 33.8 Å². The smallest absolute Gasteiger partial charge is 0.398 e. The van der Waals surface area contributed by atoms with Crippen LogP contribution in [-0.4, -0.2) is 23.3 Å². The quantitative estimate of drug-likeness (QED) is 0.621. The molecule has 1 aliphatic heterocycles. The summed E-state index contributed by atoms with van der Waals surface area (Å²) in [4.78, 5) is 3.46. The van der Waals surface area contributed by atoms with E-state index in [0.29, 0.717) is 6.20 Å². The van der Waals surface area contributed by atoms with Gasteiger partial charge in [0.05, 0.1) is 23.0 Å². The molecule has 1 saturated heterocycles. The Labute approximate surface area is 126 Å². The van der Waals surface area contributed by atoms with Crippen LogP contribution in [0.3, 0.4) is 0 Å². The summed E-state index contributed by atoms with van der Waals surface area (Å²) >= 11 is 0. The van der Waals surface area contributed by atoms with Crippen molar-refractivity contribution in [3.63, 3.8) is 0 Å². The average molecular weight is 317 g/mol. The second kappa shape index (κ2) is 5.66. The van der Waals surface area contributed by atoms with E-state index in [9.17, 15) is 17.6 Å². The Hall–Kier alpha value is -1.41. The highest BCUT2D eigenvalue weighted by atomic mass is 19.3. The van der Waals surface area contributed by atoms with E-state index >= 15 is 0 Å². The molecule has 0 bridgehead atoms. The fourth-order valence-electron chi connectivity index (χ4n) is 1.98. The molecule has 0 unspecified atom stereocenters. The zero-order valence-corrected chi connectivity index (χ0v) is 12.7. The van der Waals surface area contributed by atoms with E-state index in [1.165, 1.54) is 0 Å². The molecule has 0 amide bonds. The Morgan fingerprint density at radius 3 is 2.23 bits per heavy atom. The number of pyridine rings is 1. The zero-order chi connectivity index (χ0) is 16.7. The summed E-state index contributed by atoms with van der Waals surface area (Å²) in [5, 5.41) is 0. The summed E-state index contributed by atoms with van der Waals surface area (Å²) in [6, 6.07) is 0. The van der Waals surface area contributed by atoms with Crippen LogP contribution in [0.1, 0.15) is 45.2 Å². The van der Waals surface area contributed by atoms with Crippen LogP contribution >= 0.6 is 0 Å². The number of halogens is 4. The molecule has 22 heavy (non-hydrogen) atoms. The number of hydrogen-bond donors (Lipinski definition) is 0. The maximum atomic E-state index is 14.3. The van der Waals surface area contributed by atoms with Crippen LogP contribution in [0.4, 0.5) is 17.6 Å². The summed E-state index contributed by atoms with van der Waals surface area (Å²) in [5.41, 5.74) is -3.71. The molecule has 0 aromatic carbocycles. The lowest BCUT2D eigenvalue weighted by Crippen LogP contribution is -2.41. The predicted octanol–water partition coefficient (Wildman–Crippen LogP) is 4.10. The van der Waals surface area contributed by atoms with Gasteiger partial charge in [0.15, 0.2) is 5.82 Å². The minimum atomic E-state index is -3.08. The van der Waals surface area contributed by atoms with Gasteiger partial charge < -0.3 is 9.31 Å². The number of alkyl halides is 2. The Morgan fingerprint density at radius 1 is 1.18 bits per heavy atom. The third-order valence-corrected chi connectivity index (χ3v) is 3.96. The lowest BCUT2D eigenvalue weighted by molar-refractivity contribution is 0.00578. The third kappa shape index (κ3) is 3.03. The van der Waals surface area contributed by atoms with Crippen LogP contribution in [0.25, 0.3) is 6.08 Å². The van der Waals surface area contributed by atoms with Gasteiger partial charge >= 0.3 is 7.12 Å². The number of aromatic nitrogens is 1. The Bertz CT molecular complexity index is 589. The standard InChI is InChI=1S/C14H16BF4NO2/c1-13(2)14(3,4)22-15(21-13)10(17)5-8-6-20-7-9(16)11(8)12(18)19/h5-7,12H,1-4H3. The average Bonchev–Trinajstić information content (AvgIpc) is 2.58. The number of hydrogen-bond acceptors (Lipinski definition) is 3. The van der Waals surface area contributed by atoms with Gasteiger partial charge in [-0.2, -0.15) is 0 Å². The SMILES string of the molecule is CC1(C)OB(C(F)=Cc2cncc(F)c2C(F)F)OC1(C)C. The van der Waals surface area contributed by atoms with E-state index in [1.807, 2.05) is 0 Å². The molecule has 120 valence electrons. The molecule has 0 radical (unpaired) electrons. The first-order chi connectivity index (χ1) is 10.0.